The van der Waals surface area contributed by atoms with Gasteiger partial charge in [-0.2, -0.15) is 0 Å². The summed E-state index contributed by atoms with van der Waals surface area (Å²) in [4.78, 5) is 1.96. The van der Waals surface area contributed by atoms with Crippen molar-refractivity contribution in [1.29, 1.82) is 0 Å². The van der Waals surface area contributed by atoms with E-state index in [2.05, 4.69) is 0 Å². The number of fused-ring (bicyclic) bond motifs is 1. The lowest BCUT2D eigenvalue weighted by atomic mass is 10.0. The van der Waals surface area contributed by atoms with Crippen molar-refractivity contribution >= 4 is 27.1 Å². The van der Waals surface area contributed by atoms with Gasteiger partial charge in [0, 0.05) is 18.8 Å². The van der Waals surface area contributed by atoms with Crippen molar-refractivity contribution in [2.45, 2.75) is 18.1 Å². The highest BCUT2D eigenvalue weighted by molar-refractivity contribution is 7.92. The quantitative estimate of drug-likeness (QED) is 0.800. The maximum absolute atomic E-state index is 13.5. The molecule has 1 aromatic carbocycles. The molecular weight excluding hydrogens is 289 g/mol. The minimum atomic E-state index is -2.98. The highest BCUT2D eigenvalue weighted by Gasteiger charge is 2.43. The Balaban J connectivity index is 1.87. The molecule has 104 valence electrons. The molecule has 2 saturated heterocycles. The summed E-state index contributed by atoms with van der Waals surface area (Å²) in [6.07, 6.45) is 1.68. The highest BCUT2D eigenvalue weighted by Crippen LogP contribution is 2.35. The van der Waals surface area contributed by atoms with Crippen molar-refractivity contribution in [3.05, 3.63) is 29.0 Å². The molecule has 2 atom stereocenters. The lowest BCUT2D eigenvalue weighted by Gasteiger charge is -2.23. The number of hydrogen-bond acceptors (Lipinski definition) is 3. The van der Waals surface area contributed by atoms with Gasteiger partial charge in [-0.25, -0.2) is 12.8 Å². The summed E-state index contributed by atoms with van der Waals surface area (Å²) < 4.78 is 37.6. The molecule has 1 aromatic rings. The molecule has 0 N–H and O–H groups in total. The van der Waals surface area contributed by atoms with Crippen LogP contribution in [0.3, 0.4) is 0 Å². The fourth-order valence-electron chi connectivity index (χ4n) is 3.12. The maximum Gasteiger partial charge on any atom is 0.155 e. The van der Waals surface area contributed by atoms with Crippen LogP contribution in [-0.2, 0) is 9.84 Å². The van der Waals surface area contributed by atoms with E-state index in [1.54, 1.807) is 6.07 Å². The number of rotatable bonds is 1. The van der Waals surface area contributed by atoms with Gasteiger partial charge < -0.3 is 4.90 Å². The van der Waals surface area contributed by atoms with Gasteiger partial charge in [0.15, 0.2) is 9.84 Å². The zero-order chi connectivity index (χ0) is 13.6. The first-order valence-corrected chi connectivity index (χ1v) is 8.48. The molecule has 3 nitrogen and oxygen atoms in total. The molecule has 0 radical (unpaired) electrons. The molecule has 0 aliphatic carbocycles. The van der Waals surface area contributed by atoms with Crippen molar-refractivity contribution in [2.24, 2.45) is 5.92 Å². The molecule has 0 unspecified atom stereocenters. The van der Waals surface area contributed by atoms with E-state index in [-0.39, 0.29) is 21.9 Å². The Morgan fingerprint density at radius 1 is 1.32 bits per heavy atom. The van der Waals surface area contributed by atoms with Crippen LogP contribution in [0, 0.1) is 11.7 Å². The molecule has 2 fully saturated rings. The molecule has 0 bridgehead atoms. The summed E-state index contributed by atoms with van der Waals surface area (Å²) in [6.45, 7) is 1.15. The second kappa shape index (κ2) is 4.63. The summed E-state index contributed by atoms with van der Waals surface area (Å²) in [5.74, 6) is 0.00570. The lowest BCUT2D eigenvalue weighted by Crippen LogP contribution is -2.35. The highest BCUT2D eigenvalue weighted by atomic mass is 35.5. The zero-order valence-corrected chi connectivity index (χ0v) is 11.9. The van der Waals surface area contributed by atoms with Crippen molar-refractivity contribution in [2.75, 3.05) is 23.7 Å². The average Bonchev–Trinajstić information content (AvgIpc) is 2.78. The molecule has 3 rings (SSSR count). The van der Waals surface area contributed by atoms with Crippen LogP contribution in [0.1, 0.15) is 12.8 Å². The van der Waals surface area contributed by atoms with Crippen LogP contribution in [-0.4, -0.2) is 32.5 Å². The van der Waals surface area contributed by atoms with Crippen LogP contribution in [0.15, 0.2) is 18.2 Å². The fourth-order valence-corrected chi connectivity index (χ4v) is 5.32. The van der Waals surface area contributed by atoms with Crippen molar-refractivity contribution in [3.8, 4) is 0 Å². The van der Waals surface area contributed by atoms with E-state index in [0.29, 0.717) is 18.8 Å². The van der Waals surface area contributed by atoms with Crippen LogP contribution in [0.4, 0.5) is 10.1 Å². The average molecular weight is 304 g/mol. The molecule has 19 heavy (non-hydrogen) atoms. The third-order valence-electron chi connectivity index (χ3n) is 4.11. The monoisotopic (exact) mass is 303 g/mol. The second-order valence-electron chi connectivity index (χ2n) is 5.31. The first-order valence-electron chi connectivity index (χ1n) is 6.39. The lowest BCUT2D eigenvalue weighted by molar-refractivity contribution is 0.478. The van der Waals surface area contributed by atoms with Gasteiger partial charge in [-0.1, -0.05) is 11.6 Å². The largest absolute Gasteiger partial charge is 0.370 e. The standard InChI is InChI=1S/C13H15ClFNO2S/c14-11-4-3-10(6-12(11)15)16-7-9-2-1-5-19(17,18)13(9)8-16/h3-4,6,9,13H,1-2,5,7-8H2/t9-,13+/m1/s1. The summed E-state index contributed by atoms with van der Waals surface area (Å²) in [5, 5.41) is -0.201. The van der Waals surface area contributed by atoms with Gasteiger partial charge in [-0.05, 0) is 37.0 Å². The summed E-state index contributed by atoms with van der Waals surface area (Å²) in [6, 6.07) is 4.64. The molecule has 0 amide bonds. The molecule has 2 aliphatic heterocycles. The van der Waals surface area contributed by atoms with E-state index >= 15 is 0 Å². The number of anilines is 1. The minimum Gasteiger partial charge on any atom is -0.370 e. The van der Waals surface area contributed by atoms with Gasteiger partial charge in [0.2, 0.25) is 0 Å². The van der Waals surface area contributed by atoms with E-state index in [1.807, 2.05) is 4.90 Å². The maximum atomic E-state index is 13.5. The molecule has 0 aromatic heterocycles. The third-order valence-corrected chi connectivity index (χ3v) is 6.74. The predicted octanol–water partition coefficient (Wildman–Crippen LogP) is 2.49. The van der Waals surface area contributed by atoms with E-state index in [9.17, 15) is 12.8 Å². The Morgan fingerprint density at radius 3 is 2.79 bits per heavy atom. The Kier molecular flexibility index (Phi) is 3.21. The van der Waals surface area contributed by atoms with Crippen LogP contribution in [0.25, 0.3) is 0 Å². The van der Waals surface area contributed by atoms with Crippen molar-refractivity contribution in [1.82, 2.24) is 0 Å². The van der Waals surface area contributed by atoms with Gasteiger partial charge in [0.25, 0.3) is 0 Å². The van der Waals surface area contributed by atoms with Crippen LogP contribution in [0.2, 0.25) is 5.02 Å². The molecule has 6 heteroatoms. The number of nitrogens with zero attached hydrogens (tertiary/aromatic N) is 1. The van der Waals surface area contributed by atoms with Gasteiger partial charge >= 0.3 is 0 Å². The van der Waals surface area contributed by atoms with E-state index in [0.717, 1.165) is 12.8 Å². The topological polar surface area (TPSA) is 37.4 Å². The zero-order valence-electron chi connectivity index (χ0n) is 10.4. The molecule has 2 aliphatic rings. The van der Waals surface area contributed by atoms with Crippen molar-refractivity contribution < 1.29 is 12.8 Å². The summed E-state index contributed by atoms with van der Waals surface area (Å²) in [5.41, 5.74) is 0.714. The summed E-state index contributed by atoms with van der Waals surface area (Å²) >= 11 is 5.67. The minimum absolute atomic E-state index is 0.0907. The Labute approximate surface area is 117 Å². The van der Waals surface area contributed by atoms with Crippen molar-refractivity contribution in [3.63, 3.8) is 0 Å². The predicted molar refractivity (Wildman–Crippen MR) is 73.9 cm³/mol. The SMILES string of the molecule is O=S1(=O)CCC[C@@H]2CN(c3ccc(Cl)c(F)c3)C[C@@H]21. The first-order chi connectivity index (χ1) is 8.97. The van der Waals surface area contributed by atoms with Gasteiger partial charge in [0.05, 0.1) is 16.0 Å². The smallest absolute Gasteiger partial charge is 0.155 e. The number of hydrogen-bond donors (Lipinski definition) is 0. The van der Waals surface area contributed by atoms with Gasteiger partial charge in [-0.15, -0.1) is 0 Å². The van der Waals surface area contributed by atoms with Gasteiger partial charge in [-0.3, -0.25) is 0 Å². The van der Waals surface area contributed by atoms with Crippen LogP contribution < -0.4 is 4.90 Å². The van der Waals surface area contributed by atoms with E-state index in [1.165, 1.54) is 12.1 Å². The fraction of sp³-hybridized carbons (Fsp3) is 0.538. The molecular formula is C13H15ClFNO2S. The number of halogens is 2. The van der Waals surface area contributed by atoms with E-state index < -0.39 is 15.7 Å². The Bertz CT molecular complexity index is 605. The van der Waals surface area contributed by atoms with Crippen LogP contribution >= 0.6 is 11.6 Å². The summed E-state index contributed by atoms with van der Waals surface area (Å²) in [7, 11) is -2.98. The van der Waals surface area contributed by atoms with Crippen LogP contribution in [0.5, 0.6) is 0 Å². The molecule has 0 saturated carbocycles. The second-order valence-corrected chi connectivity index (χ2v) is 8.06. The number of benzene rings is 1. The van der Waals surface area contributed by atoms with Gasteiger partial charge in [0.1, 0.15) is 5.82 Å². The third kappa shape index (κ3) is 2.34. The number of sulfone groups is 1. The normalized spacial score (nSPS) is 29.3. The molecule has 2 heterocycles. The van der Waals surface area contributed by atoms with E-state index in [4.69, 9.17) is 11.6 Å². The molecule has 0 spiro atoms. The first kappa shape index (κ1) is 13.2. The Hall–Kier alpha value is -0.810. The Morgan fingerprint density at radius 2 is 2.11 bits per heavy atom.